The van der Waals surface area contributed by atoms with Gasteiger partial charge in [0.1, 0.15) is 5.82 Å². The fourth-order valence-electron chi connectivity index (χ4n) is 2.19. The molecule has 1 unspecified atom stereocenters. The molecular formula is C12H17N3O4S. The molecule has 1 saturated heterocycles. The second kappa shape index (κ2) is 6.11. The molecule has 1 aliphatic heterocycles. The van der Waals surface area contributed by atoms with Crippen molar-refractivity contribution in [3.63, 3.8) is 0 Å². The maximum atomic E-state index is 10.7. The maximum absolute atomic E-state index is 10.7. The number of hydrogen-bond acceptors (Lipinski definition) is 6. The van der Waals surface area contributed by atoms with E-state index < -0.39 is 5.97 Å². The molecule has 0 amide bonds. The van der Waals surface area contributed by atoms with Gasteiger partial charge in [-0.1, -0.05) is 11.8 Å². The highest BCUT2D eigenvalue weighted by molar-refractivity contribution is 7.99. The summed E-state index contributed by atoms with van der Waals surface area (Å²) in [5.41, 5.74) is 0. The van der Waals surface area contributed by atoms with Gasteiger partial charge in [-0.05, 0) is 12.8 Å². The van der Waals surface area contributed by atoms with Gasteiger partial charge in [0.25, 0.3) is 0 Å². The average molecular weight is 299 g/mol. The van der Waals surface area contributed by atoms with Crippen LogP contribution in [0.25, 0.3) is 0 Å². The highest BCUT2D eigenvalue weighted by atomic mass is 32.2. The number of nitrogens with zero attached hydrogens (tertiary/aromatic N) is 3. The smallest absolute Gasteiger partial charge is 0.313 e. The maximum Gasteiger partial charge on any atom is 0.313 e. The van der Waals surface area contributed by atoms with E-state index in [1.807, 2.05) is 4.57 Å². The van der Waals surface area contributed by atoms with Gasteiger partial charge in [0.15, 0.2) is 5.16 Å². The van der Waals surface area contributed by atoms with Crippen LogP contribution in [0.3, 0.4) is 0 Å². The van der Waals surface area contributed by atoms with E-state index in [0.29, 0.717) is 37.4 Å². The van der Waals surface area contributed by atoms with E-state index in [2.05, 4.69) is 10.2 Å². The molecule has 2 heterocycles. The first-order valence-corrected chi connectivity index (χ1v) is 7.69. The van der Waals surface area contributed by atoms with Gasteiger partial charge in [0.05, 0.1) is 38.2 Å². The molecule has 0 aromatic carbocycles. The number of carboxylic acids is 1. The summed E-state index contributed by atoms with van der Waals surface area (Å²) >= 11 is 1.20. The number of rotatable bonds is 6. The van der Waals surface area contributed by atoms with Gasteiger partial charge < -0.3 is 19.1 Å². The Morgan fingerprint density at radius 2 is 2.25 bits per heavy atom. The molecule has 1 atom stereocenters. The normalized spacial score (nSPS) is 22.9. The van der Waals surface area contributed by atoms with E-state index in [4.69, 9.17) is 14.6 Å². The molecule has 0 spiro atoms. The quantitative estimate of drug-likeness (QED) is 0.775. The van der Waals surface area contributed by atoms with Crippen LogP contribution >= 0.6 is 11.8 Å². The molecule has 1 aromatic heterocycles. The van der Waals surface area contributed by atoms with Crippen molar-refractivity contribution in [2.75, 3.05) is 25.6 Å². The minimum absolute atomic E-state index is 0.00910. The average Bonchev–Trinajstić information content (AvgIpc) is 3.21. The molecule has 3 rings (SSSR count). The summed E-state index contributed by atoms with van der Waals surface area (Å²) in [7, 11) is 0. The summed E-state index contributed by atoms with van der Waals surface area (Å²) in [4.78, 5) is 10.7. The van der Waals surface area contributed by atoms with Crippen molar-refractivity contribution in [2.24, 2.45) is 0 Å². The van der Waals surface area contributed by atoms with Crippen LogP contribution in [0.5, 0.6) is 0 Å². The van der Waals surface area contributed by atoms with Crippen LogP contribution < -0.4 is 0 Å². The van der Waals surface area contributed by atoms with Crippen molar-refractivity contribution < 1.29 is 19.4 Å². The van der Waals surface area contributed by atoms with E-state index in [-0.39, 0.29) is 11.9 Å². The molecular weight excluding hydrogens is 282 g/mol. The lowest BCUT2D eigenvalue weighted by Crippen LogP contribution is -2.33. The number of hydrogen-bond donors (Lipinski definition) is 1. The van der Waals surface area contributed by atoms with Crippen molar-refractivity contribution in [1.82, 2.24) is 14.8 Å². The van der Waals surface area contributed by atoms with Crippen molar-refractivity contribution in [2.45, 2.75) is 36.6 Å². The van der Waals surface area contributed by atoms with E-state index in [1.165, 1.54) is 11.8 Å². The Kier molecular flexibility index (Phi) is 4.23. The molecule has 2 aliphatic rings. The van der Waals surface area contributed by atoms with Gasteiger partial charge in [-0.2, -0.15) is 0 Å². The van der Waals surface area contributed by atoms with Crippen molar-refractivity contribution in [3.8, 4) is 0 Å². The van der Waals surface area contributed by atoms with E-state index in [0.717, 1.165) is 18.7 Å². The number of aromatic nitrogens is 3. The summed E-state index contributed by atoms with van der Waals surface area (Å²) in [5, 5.41) is 17.8. The fraction of sp³-hybridized carbons (Fsp3) is 0.750. The Morgan fingerprint density at radius 3 is 2.90 bits per heavy atom. The number of carboxylic acid groups (broad SMARTS) is 1. The predicted molar refractivity (Wildman–Crippen MR) is 70.9 cm³/mol. The fourth-order valence-corrected chi connectivity index (χ4v) is 2.87. The van der Waals surface area contributed by atoms with Gasteiger partial charge >= 0.3 is 5.97 Å². The Labute approximate surface area is 120 Å². The Balaban J connectivity index is 1.73. The van der Waals surface area contributed by atoms with Crippen LogP contribution in [0.2, 0.25) is 0 Å². The molecule has 7 nitrogen and oxygen atoms in total. The van der Waals surface area contributed by atoms with Crippen molar-refractivity contribution in [3.05, 3.63) is 5.82 Å². The van der Waals surface area contributed by atoms with Crippen LogP contribution in [0.15, 0.2) is 5.16 Å². The molecule has 0 bridgehead atoms. The first-order chi connectivity index (χ1) is 9.74. The minimum atomic E-state index is -0.852. The monoisotopic (exact) mass is 299 g/mol. The molecule has 8 heteroatoms. The highest BCUT2D eigenvalue weighted by Gasteiger charge is 2.31. The summed E-state index contributed by atoms with van der Waals surface area (Å²) in [6.07, 6.45) is 2.24. The third-order valence-corrected chi connectivity index (χ3v) is 4.24. The second-order valence-electron chi connectivity index (χ2n) is 4.98. The molecule has 2 fully saturated rings. The lowest BCUT2D eigenvalue weighted by atomic mass is 10.3. The third kappa shape index (κ3) is 3.31. The largest absolute Gasteiger partial charge is 0.481 e. The van der Waals surface area contributed by atoms with E-state index in [9.17, 15) is 4.79 Å². The topological polar surface area (TPSA) is 86.5 Å². The van der Waals surface area contributed by atoms with Crippen LogP contribution in [0, 0.1) is 0 Å². The van der Waals surface area contributed by atoms with Crippen LogP contribution in [-0.4, -0.2) is 57.5 Å². The number of carbonyl (C=O) groups is 1. The van der Waals surface area contributed by atoms with Crippen LogP contribution in [-0.2, 0) is 20.8 Å². The molecule has 20 heavy (non-hydrogen) atoms. The van der Waals surface area contributed by atoms with Gasteiger partial charge in [0.2, 0.25) is 0 Å². The first-order valence-electron chi connectivity index (χ1n) is 6.71. The summed E-state index contributed by atoms with van der Waals surface area (Å²) in [6.45, 7) is 2.42. The zero-order valence-corrected chi connectivity index (χ0v) is 11.8. The SMILES string of the molecule is O=C(O)CSc1nnc(C2CC2)n1CC1COCCO1. The van der Waals surface area contributed by atoms with Crippen molar-refractivity contribution in [1.29, 1.82) is 0 Å². The number of thioether (sulfide) groups is 1. The van der Waals surface area contributed by atoms with Crippen LogP contribution in [0.4, 0.5) is 0 Å². The van der Waals surface area contributed by atoms with Gasteiger partial charge in [-0.15, -0.1) is 10.2 Å². The Bertz CT molecular complexity index is 483. The lowest BCUT2D eigenvalue weighted by Gasteiger charge is -2.24. The Hall–Kier alpha value is -1.12. The number of ether oxygens (including phenoxy) is 2. The molecule has 110 valence electrons. The summed E-state index contributed by atoms with van der Waals surface area (Å²) < 4.78 is 13.1. The second-order valence-corrected chi connectivity index (χ2v) is 5.92. The first kappa shape index (κ1) is 13.8. The highest BCUT2D eigenvalue weighted by Crippen LogP contribution is 2.40. The lowest BCUT2D eigenvalue weighted by molar-refractivity contribution is -0.133. The van der Waals surface area contributed by atoms with Crippen molar-refractivity contribution >= 4 is 17.7 Å². The summed E-state index contributed by atoms with van der Waals surface area (Å²) in [6, 6.07) is 0. The predicted octanol–water partition coefficient (Wildman–Crippen LogP) is 0.748. The van der Waals surface area contributed by atoms with Gasteiger partial charge in [0, 0.05) is 5.92 Å². The minimum Gasteiger partial charge on any atom is -0.481 e. The molecule has 1 aromatic rings. The molecule has 1 aliphatic carbocycles. The van der Waals surface area contributed by atoms with Gasteiger partial charge in [-0.25, -0.2) is 0 Å². The van der Waals surface area contributed by atoms with Gasteiger partial charge in [-0.3, -0.25) is 4.79 Å². The Morgan fingerprint density at radius 1 is 1.40 bits per heavy atom. The summed E-state index contributed by atoms with van der Waals surface area (Å²) in [5.74, 6) is 0.554. The standard InChI is InChI=1S/C12H17N3O4S/c16-10(17)7-20-12-14-13-11(8-1-2-8)15(12)5-9-6-18-3-4-19-9/h8-9H,1-7H2,(H,16,17). The van der Waals surface area contributed by atoms with E-state index >= 15 is 0 Å². The zero-order chi connectivity index (χ0) is 13.9. The molecule has 1 N–H and O–H groups in total. The number of aliphatic carboxylic acids is 1. The van der Waals surface area contributed by atoms with E-state index in [1.54, 1.807) is 0 Å². The molecule has 0 radical (unpaired) electrons. The van der Waals surface area contributed by atoms with Crippen LogP contribution in [0.1, 0.15) is 24.6 Å². The third-order valence-electron chi connectivity index (χ3n) is 3.28. The molecule has 1 saturated carbocycles. The zero-order valence-electron chi connectivity index (χ0n) is 11.0.